The van der Waals surface area contributed by atoms with Crippen LogP contribution >= 0.6 is 11.8 Å². The van der Waals surface area contributed by atoms with Gasteiger partial charge in [0.2, 0.25) is 0 Å². The molecule has 1 aliphatic rings. The van der Waals surface area contributed by atoms with E-state index in [1.807, 2.05) is 18.8 Å². The van der Waals surface area contributed by atoms with E-state index in [0.29, 0.717) is 11.8 Å². The Bertz CT molecular complexity index is 284. The molecule has 0 heterocycles. The van der Waals surface area contributed by atoms with Crippen molar-refractivity contribution >= 4 is 21.6 Å². The Kier molecular flexibility index (Phi) is 6.15. The maximum absolute atomic E-state index is 11.1. The summed E-state index contributed by atoms with van der Waals surface area (Å²) in [6.45, 7) is 0. The molecule has 0 aromatic carbocycles. The van der Waals surface area contributed by atoms with Crippen LogP contribution < -0.4 is 5.32 Å². The van der Waals surface area contributed by atoms with Crippen LogP contribution in [0.25, 0.3) is 0 Å². The van der Waals surface area contributed by atoms with Gasteiger partial charge in [-0.2, -0.15) is 11.8 Å². The van der Waals surface area contributed by atoms with Gasteiger partial charge in [-0.15, -0.1) is 0 Å². The van der Waals surface area contributed by atoms with Crippen molar-refractivity contribution in [2.24, 2.45) is 0 Å². The van der Waals surface area contributed by atoms with Gasteiger partial charge in [-0.3, -0.25) is 0 Å². The van der Waals surface area contributed by atoms with Crippen LogP contribution in [0.5, 0.6) is 0 Å². The van der Waals surface area contributed by atoms with Crippen LogP contribution in [0.15, 0.2) is 0 Å². The molecule has 1 fully saturated rings. The quantitative estimate of drug-likeness (QED) is 0.761. The minimum absolute atomic E-state index is 0.295. The summed E-state index contributed by atoms with van der Waals surface area (Å²) in [5.41, 5.74) is 0. The van der Waals surface area contributed by atoms with Gasteiger partial charge in [0, 0.05) is 23.3 Å². The van der Waals surface area contributed by atoms with E-state index in [1.54, 1.807) is 0 Å². The highest BCUT2D eigenvalue weighted by atomic mass is 32.2. The smallest absolute Gasteiger partial charge is 0.147 e. The van der Waals surface area contributed by atoms with E-state index in [4.69, 9.17) is 0 Å². The van der Waals surface area contributed by atoms with Crippen LogP contribution in [0.3, 0.4) is 0 Å². The standard InChI is InChI=1S/C11H23NO2S2/c1-12-10(7-8-16(2,13)14)9-15-11-5-3-4-6-11/h10-12H,3-9H2,1-2H3. The third-order valence-electron chi connectivity index (χ3n) is 3.08. The lowest BCUT2D eigenvalue weighted by Crippen LogP contribution is -2.30. The molecule has 1 N–H and O–H groups in total. The summed E-state index contributed by atoms with van der Waals surface area (Å²) in [4.78, 5) is 0. The molecule has 3 nitrogen and oxygen atoms in total. The van der Waals surface area contributed by atoms with Crippen molar-refractivity contribution in [2.45, 2.75) is 43.4 Å². The number of thioether (sulfide) groups is 1. The predicted octanol–water partition coefficient (Wildman–Crippen LogP) is 1.68. The van der Waals surface area contributed by atoms with Gasteiger partial charge < -0.3 is 5.32 Å². The first-order valence-electron chi connectivity index (χ1n) is 5.98. The summed E-state index contributed by atoms with van der Waals surface area (Å²) in [7, 11) is -0.897. The number of rotatable bonds is 7. The molecule has 1 aliphatic carbocycles. The lowest BCUT2D eigenvalue weighted by molar-refractivity contribution is 0.572. The molecule has 0 spiro atoms. The van der Waals surface area contributed by atoms with Crippen molar-refractivity contribution in [2.75, 3.05) is 24.8 Å². The van der Waals surface area contributed by atoms with Gasteiger partial charge in [-0.05, 0) is 26.3 Å². The number of hydrogen-bond acceptors (Lipinski definition) is 4. The predicted molar refractivity (Wildman–Crippen MR) is 71.9 cm³/mol. The normalized spacial score (nSPS) is 20.1. The van der Waals surface area contributed by atoms with Crippen LogP contribution in [0, 0.1) is 0 Å². The van der Waals surface area contributed by atoms with Crippen molar-refractivity contribution < 1.29 is 8.42 Å². The van der Waals surface area contributed by atoms with E-state index in [-0.39, 0.29) is 0 Å². The van der Waals surface area contributed by atoms with Gasteiger partial charge in [-0.1, -0.05) is 12.8 Å². The second-order valence-electron chi connectivity index (χ2n) is 4.64. The lowest BCUT2D eigenvalue weighted by Gasteiger charge is -2.17. The van der Waals surface area contributed by atoms with Gasteiger partial charge in [0.05, 0.1) is 5.75 Å². The zero-order chi connectivity index (χ0) is 12.0. The van der Waals surface area contributed by atoms with Crippen molar-refractivity contribution in [1.82, 2.24) is 5.32 Å². The largest absolute Gasteiger partial charge is 0.316 e. The fraction of sp³-hybridized carbons (Fsp3) is 1.00. The zero-order valence-corrected chi connectivity index (χ0v) is 11.9. The second-order valence-corrected chi connectivity index (χ2v) is 8.24. The Morgan fingerprint density at radius 2 is 2.00 bits per heavy atom. The third-order valence-corrected chi connectivity index (χ3v) is 5.60. The second kappa shape index (κ2) is 6.87. The highest BCUT2D eigenvalue weighted by Gasteiger charge is 2.17. The summed E-state index contributed by atoms with van der Waals surface area (Å²) in [5.74, 6) is 1.33. The third kappa shape index (κ3) is 6.11. The van der Waals surface area contributed by atoms with Crippen LogP contribution in [-0.2, 0) is 9.84 Å². The Morgan fingerprint density at radius 3 is 2.50 bits per heavy atom. The molecule has 1 atom stereocenters. The van der Waals surface area contributed by atoms with Gasteiger partial charge >= 0.3 is 0 Å². The molecule has 0 aliphatic heterocycles. The topological polar surface area (TPSA) is 46.2 Å². The maximum atomic E-state index is 11.1. The molecule has 1 rings (SSSR count). The summed E-state index contributed by atoms with van der Waals surface area (Å²) in [6, 6.07) is 0.334. The first kappa shape index (κ1) is 14.3. The first-order valence-corrected chi connectivity index (χ1v) is 9.09. The summed E-state index contributed by atoms with van der Waals surface area (Å²) in [5, 5.41) is 4.03. The highest BCUT2D eigenvalue weighted by Crippen LogP contribution is 2.29. The lowest BCUT2D eigenvalue weighted by atomic mass is 10.3. The van der Waals surface area contributed by atoms with Crippen LogP contribution in [-0.4, -0.2) is 44.5 Å². The van der Waals surface area contributed by atoms with E-state index >= 15 is 0 Å². The molecule has 5 heteroatoms. The first-order chi connectivity index (χ1) is 7.51. The maximum Gasteiger partial charge on any atom is 0.147 e. The van der Waals surface area contributed by atoms with E-state index < -0.39 is 9.84 Å². The van der Waals surface area contributed by atoms with E-state index in [1.165, 1.54) is 31.9 Å². The molecule has 0 saturated heterocycles. The van der Waals surface area contributed by atoms with E-state index in [9.17, 15) is 8.42 Å². The molecule has 1 unspecified atom stereocenters. The molecule has 1 saturated carbocycles. The van der Waals surface area contributed by atoms with Gasteiger partial charge in [0.15, 0.2) is 0 Å². The van der Waals surface area contributed by atoms with E-state index in [0.717, 1.165) is 17.4 Å². The van der Waals surface area contributed by atoms with Crippen molar-refractivity contribution in [3.63, 3.8) is 0 Å². The molecule has 0 radical (unpaired) electrons. The minimum atomic E-state index is -2.82. The van der Waals surface area contributed by atoms with Crippen molar-refractivity contribution in [3.05, 3.63) is 0 Å². The Balaban J connectivity index is 2.20. The van der Waals surface area contributed by atoms with Crippen LogP contribution in [0.1, 0.15) is 32.1 Å². The highest BCUT2D eigenvalue weighted by molar-refractivity contribution is 7.99. The monoisotopic (exact) mass is 265 g/mol. The number of sulfone groups is 1. The zero-order valence-electron chi connectivity index (χ0n) is 10.2. The fourth-order valence-corrected chi connectivity index (χ4v) is 4.19. The fourth-order valence-electron chi connectivity index (χ4n) is 1.97. The summed E-state index contributed by atoms with van der Waals surface area (Å²) in [6.07, 6.45) is 7.45. The Hall–Kier alpha value is 0.260. The molecule has 0 bridgehead atoms. The average Bonchev–Trinajstić information content (AvgIpc) is 2.69. The number of hydrogen-bond donors (Lipinski definition) is 1. The van der Waals surface area contributed by atoms with Crippen LogP contribution in [0.2, 0.25) is 0 Å². The van der Waals surface area contributed by atoms with E-state index in [2.05, 4.69) is 5.32 Å². The van der Waals surface area contributed by atoms with Crippen molar-refractivity contribution in [3.8, 4) is 0 Å². The number of nitrogens with one attached hydrogen (secondary N) is 1. The molecular formula is C11H23NO2S2. The summed E-state index contributed by atoms with van der Waals surface area (Å²) < 4.78 is 22.2. The van der Waals surface area contributed by atoms with Gasteiger partial charge in [-0.25, -0.2) is 8.42 Å². The summed E-state index contributed by atoms with van der Waals surface area (Å²) >= 11 is 2.01. The van der Waals surface area contributed by atoms with Crippen LogP contribution in [0.4, 0.5) is 0 Å². The Labute approximate surface area is 104 Å². The van der Waals surface area contributed by atoms with Crippen molar-refractivity contribution in [1.29, 1.82) is 0 Å². The molecule has 96 valence electrons. The molecule has 16 heavy (non-hydrogen) atoms. The average molecular weight is 265 g/mol. The molecule has 0 aromatic heterocycles. The minimum Gasteiger partial charge on any atom is -0.316 e. The molecule has 0 amide bonds. The van der Waals surface area contributed by atoms with Gasteiger partial charge in [0.1, 0.15) is 9.84 Å². The molecular weight excluding hydrogens is 242 g/mol. The SMILES string of the molecule is CNC(CCS(C)(=O)=O)CSC1CCCC1. The van der Waals surface area contributed by atoms with Gasteiger partial charge in [0.25, 0.3) is 0 Å². The molecule has 0 aromatic rings. The Morgan fingerprint density at radius 1 is 1.38 bits per heavy atom.